The Labute approximate surface area is 209 Å². The van der Waals surface area contributed by atoms with Crippen LogP contribution >= 0.6 is 0 Å². The van der Waals surface area contributed by atoms with Crippen molar-refractivity contribution < 1.29 is 44.7 Å². The molecule has 2 aliphatic heterocycles. The molecule has 0 radical (unpaired) electrons. The number of hydrogen-bond donors (Lipinski definition) is 0. The monoisotopic (exact) mass is 555 g/mol. The summed E-state index contributed by atoms with van der Waals surface area (Å²) >= 11 is 0. The molecule has 2 amide bonds. The number of aromatic nitrogens is 3. The van der Waals surface area contributed by atoms with Gasteiger partial charge in [-0.2, -0.15) is 31.4 Å². The number of hydrogen-bond acceptors (Lipinski definition) is 4. The van der Waals surface area contributed by atoms with Crippen LogP contribution in [0.1, 0.15) is 42.3 Å². The second kappa shape index (κ2) is 10.0. The van der Waals surface area contributed by atoms with Crippen molar-refractivity contribution in [2.24, 2.45) is 0 Å². The van der Waals surface area contributed by atoms with Crippen molar-refractivity contribution in [1.82, 2.24) is 24.1 Å². The Morgan fingerprint density at radius 3 is 2.37 bits per heavy atom. The lowest BCUT2D eigenvalue weighted by atomic mass is 10.1. The van der Waals surface area contributed by atoms with Crippen LogP contribution < -0.4 is 5.69 Å². The quantitative estimate of drug-likeness (QED) is 0.532. The highest BCUT2D eigenvalue weighted by atomic mass is 19.4. The van der Waals surface area contributed by atoms with E-state index >= 15 is 0 Å². The maximum absolute atomic E-state index is 13.7. The SMILES string of the molecule is O=C(CCC(F)(F)F)N1Cc2nn(Cc3ccc(F)c(C(F)(F)F)c3)c(=O)n2C(C(=O)N2CC[C@H](F)C2)C1. The number of rotatable bonds is 5. The van der Waals surface area contributed by atoms with Gasteiger partial charge in [-0.05, 0) is 24.1 Å². The molecule has 3 heterocycles. The first-order chi connectivity index (χ1) is 17.6. The molecule has 8 nitrogen and oxygen atoms in total. The summed E-state index contributed by atoms with van der Waals surface area (Å²) in [4.78, 5) is 40.9. The van der Waals surface area contributed by atoms with E-state index in [-0.39, 0.29) is 30.9 Å². The second-order valence-corrected chi connectivity index (χ2v) is 9.11. The number of carbonyl (C=O) groups is 2. The molecule has 4 rings (SSSR count). The molecule has 2 aliphatic rings. The molecule has 1 unspecified atom stereocenters. The number of amides is 2. The molecule has 16 heteroatoms. The average molecular weight is 555 g/mol. The largest absolute Gasteiger partial charge is 0.419 e. The number of carbonyl (C=O) groups excluding carboxylic acids is 2. The Hall–Kier alpha value is -3.46. The third kappa shape index (κ3) is 5.83. The van der Waals surface area contributed by atoms with Crippen LogP contribution in [0, 0.1) is 5.82 Å². The van der Waals surface area contributed by atoms with E-state index in [1.165, 1.54) is 0 Å². The van der Waals surface area contributed by atoms with E-state index in [4.69, 9.17) is 0 Å². The van der Waals surface area contributed by atoms with Gasteiger partial charge in [0.25, 0.3) is 0 Å². The summed E-state index contributed by atoms with van der Waals surface area (Å²) in [6.45, 7) is -1.72. The van der Waals surface area contributed by atoms with Crippen molar-refractivity contribution in [2.75, 3.05) is 19.6 Å². The fraction of sp³-hybridized carbons (Fsp3) is 0.545. The van der Waals surface area contributed by atoms with Crippen LogP contribution in [0.4, 0.5) is 35.1 Å². The fourth-order valence-electron chi connectivity index (χ4n) is 4.49. The van der Waals surface area contributed by atoms with Gasteiger partial charge in [-0.25, -0.2) is 18.3 Å². The molecule has 0 aliphatic carbocycles. The van der Waals surface area contributed by atoms with E-state index in [0.717, 1.165) is 20.4 Å². The third-order valence-electron chi connectivity index (χ3n) is 6.35. The topological polar surface area (TPSA) is 80.4 Å². The van der Waals surface area contributed by atoms with Crippen LogP contribution in [0.3, 0.4) is 0 Å². The Morgan fingerprint density at radius 2 is 1.76 bits per heavy atom. The van der Waals surface area contributed by atoms with Gasteiger partial charge in [0.05, 0.1) is 38.2 Å². The molecule has 0 spiro atoms. The highest BCUT2D eigenvalue weighted by Gasteiger charge is 2.41. The maximum atomic E-state index is 13.7. The predicted octanol–water partition coefficient (Wildman–Crippen LogP) is 3.05. The summed E-state index contributed by atoms with van der Waals surface area (Å²) in [5.41, 5.74) is -2.64. The van der Waals surface area contributed by atoms with E-state index in [2.05, 4.69) is 5.10 Å². The zero-order valence-electron chi connectivity index (χ0n) is 19.5. The Morgan fingerprint density at radius 1 is 1.05 bits per heavy atom. The van der Waals surface area contributed by atoms with Gasteiger partial charge >= 0.3 is 18.0 Å². The molecule has 38 heavy (non-hydrogen) atoms. The van der Waals surface area contributed by atoms with Crippen LogP contribution in [0.15, 0.2) is 23.0 Å². The van der Waals surface area contributed by atoms with Gasteiger partial charge in [-0.3, -0.25) is 14.2 Å². The van der Waals surface area contributed by atoms with Crippen LogP contribution in [-0.4, -0.2) is 67.9 Å². The zero-order chi connectivity index (χ0) is 28.0. The van der Waals surface area contributed by atoms with Crippen molar-refractivity contribution in [3.05, 3.63) is 51.5 Å². The first-order valence-corrected chi connectivity index (χ1v) is 11.5. The predicted molar refractivity (Wildman–Crippen MR) is 113 cm³/mol. The lowest BCUT2D eigenvalue weighted by molar-refractivity contribution is -0.151. The lowest BCUT2D eigenvalue weighted by Gasteiger charge is -2.34. The minimum absolute atomic E-state index is 0.0204. The molecule has 2 atom stereocenters. The summed E-state index contributed by atoms with van der Waals surface area (Å²) in [5.74, 6) is -3.41. The fourth-order valence-corrected chi connectivity index (χ4v) is 4.49. The molecule has 1 aromatic carbocycles. The Kier molecular flexibility index (Phi) is 7.27. The Balaban J connectivity index is 1.67. The molecule has 2 aromatic rings. The minimum atomic E-state index is -5.00. The molecular formula is C22H21F8N5O3. The molecule has 0 bridgehead atoms. The van der Waals surface area contributed by atoms with Crippen LogP contribution in [0.5, 0.6) is 0 Å². The van der Waals surface area contributed by atoms with E-state index in [1.807, 2.05) is 0 Å². The maximum Gasteiger partial charge on any atom is 0.419 e. The first kappa shape index (κ1) is 27.6. The van der Waals surface area contributed by atoms with Crippen molar-refractivity contribution >= 4 is 11.8 Å². The minimum Gasteiger partial charge on any atom is -0.338 e. The molecule has 0 N–H and O–H groups in total. The van der Waals surface area contributed by atoms with Gasteiger partial charge in [0.1, 0.15) is 18.0 Å². The summed E-state index contributed by atoms with van der Waals surface area (Å²) < 4.78 is 106. The Bertz CT molecular complexity index is 1290. The zero-order valence-corrected chi connectivity index (χ0v) is 19.5. The van der Waals surface area contributed by atoms with Crippen molar-refractivity contribution in [3.63, 3.8) is 0 Å². The summed E-state index contributed by atoms with van der Waals surface area (Å²) in [6, 6.07) is 0.657. The third-order valence-corrected chi connectivity index (χ3v) is 6.35. The van der Waals surface area contributed by atoms with E-state index < -0.39 is 85.9 Å². The first-order valence-electron chi connectivity index (χ1n) is 11.5. The van der Waals surface area contributed by atoms with Crippen LogP contribution in [-0.2, 0) is 28.9 Å². The molecule has 208 valence electrons. The van der Waals surface area contributed by atoms with Gasteiger partial charge in [0.15, 0.2) is 5.82 Å². The highest BCUT2D eigenvalue weighted by Crippen LogP contribution is 2.32. The molecule has 1 fully saturated rings. The number of likely N-dealkylation sites (tertiary alicyclic amines) is 1. The van der Waals surface area contributed by atoms with Crippen molar-refractivity contribution in [2.45, 2.75) is 56.9 Å². The lowest BCUT2D eigenvalue weighted by Crippen LogP contribution is -2.50. The number of nitrogens with zero attached hydrogens (tertiary/aromatic N) is 5. The van der Waals surface area contributed by atoms with E-state index in [0.29, 0.717) is 16.8 Å². The number of halogens is 8. The molecular weight excluding hydrogens is 534 g/mol. The van der Waals surface area contributed by atoms with E-state index in [1.54, 1.807) is 0 Å². The molecule has 1 aromatic heterocycles. The summed E-state index contributed by atoms with van der Waals surface area (Å²) in [7, 11) is 0. The number of benzene rings is 1. The van der Waals surface area contributed by atoms with Crippen molar-refractivity contribution in [1.29, 1.82) is 0 Å². The average Bonchev–Trinajstić information content (AvgIpc) is 3.39. The van der Waals surface area contributed by atoms with E-state index in [9.17, 15) is 49.5 Å². The highest BCUT2D eigenvalue weighted by molar-refractivity contribution is 5.83. The summed E-state index contributed by atoms with van der Waals surface area (Å²) in [6.07, 6.45) is -13.2. The van der Waals surface area contributed by atoms with Gasteiger partial charge in [0, 0.05) is 13.0 Å². The van der Waals surface area contributed by atoms with Gasteiger partial charge in [0.2, 0.25) is 11.8 Å². The molecule has 0 saturated carbocycles. The number of alkyl halides is 7. The van der Waals surface area contributed by atoms with Crippen LogP contribution in [0.25, 0.3) is 0 Å². The van der Waals surface area contributed by atoms with Gasteiger partial charge in [-0.1, -0.05) is 6.07 Å². The number of fused-ring (bicyclic) bond motifs is 1. The smallest absolute Gasteiger partial charge is 0.338 e. The van der Waals surface area contributed by atoms with Crippen LogP contribution in [0.2, 0.25) is 0 Å². The molecule has 1 saturated heterocycles. The second-order valence-electron chi connectivity index (χ2n) is 9.11. The van der Waals surface area contributed by atoms with Crippen molar-refractivity contribution in [3.8, 4) is 0 Å². The summed E-state index contributed by atoms with van der Waals surface area (Å²) in [5, 5.41) is 4.01. The van der Waals surface area contributed by atoms with Gasteiger partial charge < -0.3 is 9.80 Å². The standard InChI is InChI=1S/C22H21F8N5O3/c23-13-4-6-32(9-13)19(37)16-10-33(18(36)3-5-21(25,26)27)11-17-31-34(20(38)35(16)17)8-12-1-2-15(24)14(7-12)22(28,29)30/h1-2,7,13,16H,3-6,8-11H2/t13-,16?/m0/s1. The normalized spacial score (nSPS) is 20.1. The van der Waals surface area contributed by atoms with Gasteiger partial charge in [-0.15, -0.1) is 0 Å².